The number of hydrogen-bond donors (Lipinski definition) is 0. The van der Waals surface area contributed by atoms with Crippen molar-refractivity contribution in [1.82, 2.24) is 4.57 Å². The molecule has 0 atom stereocenters. The predicted octanol–water partition coefficient (Wildman–Crippen LogP) is 3.89. The summed E-state index contributed by atoms with van der Waals surface area (Å²) in [5.74, 6) is 1.85. The van der Waals surface area contributed by atoms with Crippen LogP contribution >= 0.6 is 11.3 Å². The molecule has 0 spiro atoms. The summed E-state index contributed by atoms with van der Waals surface area (Å²) in [7, 11) is 4.83. The van der Waals surface area contributed by atoms with Crippen LogP contribution in [0.1, 0.15) is 11.1 Å². The van der Waals surface area contributed by atoms with Gasteiger partial charge in [0.15, 0.2) is 16.3 Å². The fourth-order valence-corrected chi connectivity index (χ4v) is 4.23. The smallest absolute Gasteiger partial charge is 0.252 e. The van der Waals surface area contributed by atoms with E-state index in [9.17, 15) is 4.79 Å². The number of benzene rings is 2. The molecule has 0 unspecified atom stereocenters. The maximum absolute atomic E-state index is 12.6. The first kappa shape index (κ1) is 20.7. The Morgan fingerprint density at radius 1 is 1.10 bits per heavy atom. The van der Waals surface area contributed by atoms with Gasteiger partial charge in [-0.15, -0.1) is 6.58 Å². The summed E-state index contributed by atoms with van der Waals surface area (Å²) in [6.45, 7) is 6.31. The maximum Gasteiger partial charge on any atom is 0.252 e. The van der Waals surface area contributed by atoms with E-state index in [0.717, 1.165) is 27.1 Å². The lowest BCUT2D eigenvalue weighted by Crippen LogP contribution is -2.17. The minimum Gasteiger partial charge on any atom is -0.496 e. The third-order valence-electron chi connectivity index (χ3n) is 4.53. The molecule has 1 aromatic heterocycles. The Morgan fingerprint density at radius 2 is 1.79 bits per heavy atom. The number of rotatable bonds is 7. The molecule has 6 nitrogen and oxygen atoms in total. The van der Waals surface area contributed by atoms with Crippen LogP contribution < -0.4 is 19.0 Å². The lowest BCUT2D eigenvalue weighted by atomic mass is 10.1. The number of methoxy groups -OCH3 is 3. The van der Waals surface area contributed by atoms with Gasteiger partial charge < -0.3 is 18.8 Å². The zero-order valence-electron chi connectivity index (χ0n) is 17.0. The van der Waals surface area contributed by atoms with Gasteiger partial charge in [0.25, 0.3) is 5.91 Å². The largest absolute Gasteiger partial charge is 0.496 e. The zero-order chi connectivity index (χ0) is 21.0. The molecule has 0 radical (unpaired) electrons. The van der Waals surface area contributed by atoms with Gasteiger partial charge in [0.05, 0.1) is 38.0 Å². The summed E-state index contributed by atoms with van der Waals surface area (Å²) in [4.78, 5) is 17.6. The van der Waals surface area contributed by atoms with Crippen molar-refractivity contribution in [2.24, 2.45) is 4.99 Å². The number of thiazole rings is 1. The molecule has 0 saturated carbocycles. The van der Waals surface area contributed by atoms with E-state index in [4.69, 9.17) is 14.2 Å². The fraction of sp³-hybridized carbons (Fsp3) is 0.273. The highest BCUT2D eigenvalue weighted by molar-refractivity contribution is 7.16. The van der Waals surface area contributed by atoms with Gasteiger partial charge >= 0.3 is 0 Å². The van der Waals surface area contributed by atoms with E-state index in [0.29, 0.717) is 22.8 Å². The lowest BCUT2D eigenvalue weighted by Gasteiger charge is -2.08. The Kier molecular flexibility index (Phi) is 6.39. The summed E-state index contributed by atoms with van der Waals surface area (Å²) in [5.41, 5.74) is 2.80. The van der Waals surface area contributed by atoms with E-state index < -0.39 is 0 Å². The fourth-order valence-electron chi connectivity index (χ4n) is 3.16. The second kappa shape index (κ2) is 8.96. The maximum atomic E-state index is 12.6. The van der Waals surface area contributed by atoms with Crippen LogP contribution in [0.15, 0.2) is 48.0 Å². The molecule has 29 heavy (non-hydrogen) atoms. The average molecular weight is 413 g/mol. The van der Waals surface area contributed by atoms with Crippen LogP contribution in [0.4, 0.5) is 0 Å². The molecular weight excluding hydrogens is 388 g/mol. The number of aromatic nitrogens is 1. The van der Waals surface area contributed by atoms with Crippen molar-refractivity contribution in [3.8, 4) is 17.2 Å². The molecule has 0 saturated heterocycles. The summed E-state index contributed by atoms with van der Waals surface area (Å²) < 4.78 is 19.0. The molecule has 3 rings (SSSR count). The van der Waals surface area contributed by atoms with Gasteiger partial charge in [-0.2, -0.15) is 4.99 Å². The second-order valence-electron chi connectivity index (χ2n) is 6.45. The van der Waals surface area contributed by atoms with Crippen molar-refractivity contribution < 1.29 is 19.0 Å². The standard InChI is InChI=1S/C22H24N2O4S/c1-6-9-24-16-12-18(27-4)19(28-5)13-20(16)29-22(24)23-21(25)11-15-7-8-17(26-3)14(2)10-15/h6-8,10,12-13H,1,9,11H2,2-5H3. The van der Waals surface area contributed by atoms with Crippen molar-refractivity contribution >= 4 is 27.5 Å². The highest BCUT2D eigenvalue weighted by Crippen LogP contribution is 2.33. The Hall–Kier alpha value is -3.06. The Bertz CT molecular complexity index is 1130. The van der Waals surface area contributed by atoms with E-state index in [-0.39, 0.29) is 12.3 Å². The van der Waals surface area contributed by atoms with E-state index in [1.54, 1.807) is 27.4 Å². The van der Waals surface area contributed by atoms with E-state index >= 15 is 0 Å². The first-order chi connectivity index (χ1) is 14.0. The SMILES string of the molecule is C=CCn1c(=NC(=O)Cc2ccc(OC)c(C)c2)sc2cc(OC)c(OC)cc21. The summed E-state index contributed by atoms with van der Waals surface area (Å²) in [6, 6.07) is 9.50. The predicted molar refractivity (Wildman–Crippen MR) is 115 cm³/mol. The van der Waals surface area contributed by atoms with E-state index in [1.807, 2.05) is 41.8 Å². The zero-order valence-corrected chi connectivity index (χ0v) is 17.8. The number of allylic oxidation sites excluding steroid dienone is 1. The van der Waals surface area contributed by atoms with Gasteiger partial charge in [-0.25, -0.2) is 0 Å². The normalized spacial score (nSPS) is 11.5. The molecule has 0 bridgehead atoms. The number of carbonyl (C=O) groups is 1. The summed E-state index contributed by atoms with van der Waals surface area (Å²) in [6.07, 6.45) is 2.00. The minimum absolute atomic E-state index is 0.210. The van der Waals surface area contributed by atoms with Crippen LogP contribution in [0.25, 0.3) is 10.2 Å². The highest BCUT2D eigenvalue weighted by atomic mass is 32.1. The average Bonchev–Trinajstić information content (AvgIpc) is 3.03. The van der Waals surface area contributed by atoms with Gasteiger partial charge in [-0.3, -0.25) is 4.79 Å². The van der Waals surface area contributed by atoms with Gasteiger partial charge in [-0.1, -0.05) is 29.5 Å². The number of hydrogen-bond acceptors (Lipinski definition) is 5. The first-order valence-corrected chi connectivity index (χ1v) is 9.89. The number of amides is 1. The van der Waals surface area contributed by atoms with Crippen molar-refractivity contribution in [2.45, 2.75) is 19.9 Å². The molecule has 0 fully saturated rings. The van der Waals surface area contributed by atoms with Crippen molar-refractivity contribution in [1.29, 1.82) is 0 Å². The van der Waals surface area contributed by atoms with Crippen molar-refractivity contribution in [3.63, 3.8) is 0 Å². The van der Waals surface area contributed by atoms with Gasteiger partial charge in [0.2, 0.25) is 0 Å². The summed E-state index contributed by atoms with van der Waals surface area (Å²) in [5, 5.41) is 0. The molecule has 0 aliphatic heterocycles. The number of carbonyl (C=O) groups excluding carboxylic acids is 1. The third kappa shape index (κ3) is 4.35. The van der Waals surface area contributed by atoms with Gasteiger partial charge in [-0.05, 0) is 24.1 Å². The van der Waals surface area contributed by atoms with Crippen molar-refractivity contribution in [3.05, 3.63) is 58.9 Å². The molecule has 7 heteroatoms. The number of fused-ring (bicyclic) bond motifs is 1. The molecule has 1 heterocycles. The molecule has 1 amide bonds. The lowest BCUT2D eigenvalue weighted by molar-refractivity contribution is -0.117. The van der Waals surface area contributed by atoms with Gasteiger partial charge in [0.1, 0.15) is 5.75 Å². The third-order valence-corrected chi connectivity index (χ3v) is 5.58. The first-order valence-electron chi connectivity index (χ1n) is 9.08. The summed E-state index contributed by atoms with van der Waals surface area (Å²) >= 11 is 1.43. The van der Waals surface area contributed by atoms with Gasteiger partial charge in [0, 0.05) is 18.7 Å². The minimum atomic E-state index is -0.210. The van der Waals surface area contributed by atoms with Crippen LogP contribution in [0, 0.1) is 6.92 Å². The topological polar surface area (TPSA) is 62.1 Å². The van der Waals surface area contributed by atoms with Crippen LogP contribution in [-0.4, -0.2) is 31.8 Å². The molecular formula is C22H24N2O4S. The van der Waals surface area contributed by atoms with Crippen molar-refractivity contribution in [2.75, 3.05) is 21.3 Å². The molecule has 0 N–H and O–H groups in total. The second-order valence-corrected chi connectivity index (χ2v) is 7.45. The van der Waals surface area contributed by atoms with Crippen LogP contribution in [0.5, 0.6) is 17.2 Å². The number of nitrogens with zero attached hydrogens (tertiary/aromatic N) is 2. The monoisotopic (exact) mass is 412 g/mol. The molecule has 3 aromatic rings. The molecule has 152 valence electrons. The van der Waals surface area contributed by atoms with E-state index in [2.05, 4.69) is 11.6 Å². The molecule has 0 aliphatic carbocycles. The highest BCUT2D eigenvalue weighted by Gasteiger charge is 2.13. The van der Waals surface area contributed by atoms with Crippen LogP contribution in [0.2, 0.25) is 0 Å². The quantitative estimate of drug-likeness (QED) is 0.553. The number of ether oxygens (including phenoxy) is 3. The van der Waals surface area contributed by atoms with Crippen LogP contribution in [0.3, 0.4) is 0 Å². The number of aryl methyl sites for hydroxylation is 1. The van der Waals surface area contributed by atoms with E-state index in [1.165, 1.54) is 11.3 Å². The Morgan fingerprint density at radius 3 is 2.41 bits per heavy atom. The Balaban J connectivity index is 2.01. The molecule has 0 aliphatic rings. The Labute approximate surface area is 173 Å². The molecule has 2 aromatic carbocycles. The van der Waals surface area contributed by atoms with Crippen LogP contribution in [-0.2, 0) is 17.8 Å².